The van der Waals surface area contributed by atoms with Gasteiger partial charge in [0.05, 0.1) is 5.02 Å². The molecule has 5 nitrogen and oxygen atoms in total. The average molecular weight is 312 g/mol. The van der Waals surface area contributed by atoms with Crippen LogP contribution in [0.2, 0.25) is 5.02 Å². The average Bonchev–Trinajstić information content (AvgIpc) is 2.48. The van der Waals surface area contributed by atoms with Gasteiger partial charge < -0.3 is 15.1 Å². The van der Waals surface area contributed by atoms with Gasteiger partial charge >= 0.3 is 5.97 Å². The second-order valence-corrected chi connectivity index (χ2v) is 5.72. The standard InChI is InChI=1S/C15H18ClNO4/c1-2-9-5-6-17(12(7-9)15(20)21)14(19)10-3-4-13(18)11(16)8-10/h3-4,8-9,12,18H,2,5-7H2,1H3,(H,20,21). The highest BCUT2D eigenvalue weighted by atomic mass is 35.5. The first kappa shape index (κ1) is 15.6. The minimum Gasteiger partial charge on any atom is -0.506 e. The molecule has 2 N–H and O–H groups in total. The number of benzene rings is 1. The number of nitrogens with zero attached hydrogens (tertiary/aromatic N) is 1. The van der Waals surface area contributed by atoms with Crippen molar-refractivity contribution in [2.45, 2.75) is 32.2 Å². The van der Waals surface area contributed by atoms with Crippen molar-refractivity contribution in [2.75, 3.05) is 6.54 Å². The van der Waals surface area contributed by atoms with E-state index in [2.05, 4.69) is 0 Å². The predicted octanol–water partition coefficient (Wildman–Crippen LogP) is 2.76. The molecule has 1 aliphatic rings. The van der Waals surface area contributed by atoms with E-state index in [1.165, 1.54) is 23.1 Å². The van der Waals surface area contributed by atoms with Crippen LogP contribution >= 0.6 is 11.6 Å². The molecule has 0 spiro atoms. The monoisotopic (exact) mass is 311 g/mol. The number of phenols is 1. The molecule has 1 aliphatic heterocycles. The predicted molar refractivity (Wildman–Crippen MR) is 78.6 cm³/mol. The fourth-order valence-corrected chi connectivity index (χ4v) is 2.87. The fourth-order valence-electron chi connectivity index (χ4n) is 2.69. The van der Waals surface area contributed by atoms with Crippen LogP contribution in [0.3, 0.4) is 0 Å². The van der Waals surface area contributed by atoms with Crippen molar-refractivity contribution >= 4 is 23.5 Å². The van der Waals surface area contributed by atoms with Gasteiger partial charge in [-0.2, -0.15) is 0 Å². The molecule has 1 heterocycles. The van der Waals surface area contributed by atoms with Gasteiger partial charge in [-0.05, 0) is 37.0 Å². The number of carboxylic acids is 1. The minimum absolute atomic E-state index is 0.0798. The molecule has 2 rings (SSSR count). The molecule has 6 heteroatoms. The van der Waals surface area contributed by atoms with Gasteiger partial charge in [0.25, 0.3) is 5.91 Å². The van der Waals surface area contributed by atoms with Gasteiger partial charge in [-0.3, -0.25) is 4.79 Å². The lowest BCUT2D eigenvalue weighted by Crippen LogP contribution is -2.50. The maximum atomic E-state index is 12.5. The summed E-state index contributed by atoms with van der Waals surface area (Å²) in [6, 6.07) is 3.35. The summed E-state index contributed by atoms with van der Waals surface area (Å²) in [5.41, 5.74) is 0.291. The summed E-state index contributed by atoms with van der Waals surface area (Å²) in [4.78, 5) is 25.3. The molecular weight excluding hydrogens is 294 g/mol. The summed E-state index contributed by atoms with van der Waals surface area (Å²) in [5.74, 6) is -1.11. The van der Waals surface area contributed by atoms with Crippen molar-refractivity contribution in [2.24, 2.45) is 5.92 Å². The van der Waals surface area contributed by atoms with Crippen LogP contribution in [0, 0.1) is 5.92 Å². The quantitative estimate of drug-likeness (QED) is 0.899. The van der Waals surface area contributed by atoms with Crippen molar-refractivity contribution in [3.8, 4) is 5.75 Å². The van der Waals surface area contributed by atoms with E-state index in [0.717, 1.165) is 12.8 Å². The van der Waals surface area contributed by atoms with E-state index >= 15 is 0 Å². The van der Waals surface area contributed by atoms with Crippen LogP contribution in [-0.2, 0) is 4.79 Å². The van der Waals surface area contributed by atoms with E-state index < -0.39 is 12.0 Å². The number of halogens is 1. The maximum absolute atomic E-state index is 12.5. The number of carboxylic acid groups (broad SMARTS) is 1. The number of hydrogen-bond donors (Lipinski definition) is 2. The van der Waals surface area contributed by atoms with Crippen LogP contribution in [0.25, 0.3) is 0 Å². The number of aromatic hydroxyl groups is 1. The number of aliphatic carboxylic acids is 1. The number of rotatable bonds is 3. The number of carbonyl (C=O) groups excluding carboxylic acids is 1. The van der Waals surface area contributed by atoms with Gasteiger partial charge in [0.15, 0.2) is 0 Å². The Morgan fingerprint density at radius 2 is 2.14 bits per heavy atom. The molecule has 1 aromatic carbocycles. The van der Waals surface area contributed by atoms with Crippen molar-refractivity contribution < 1.29 is 19.8 Å². The van der Waals surface area contributed by atoms with Crippen molar-refractivity contribution in [3.63, 3.8) is 0 Å². The van der Waals surface area contributed by atoms with Crippen LogP contribution in [0.4, 0.5) is 0 Å². The first-order chi connectivity index (χ1) is 9.93. The first-order valence-electron chi connectivity index (χ1n) is 6.96. The van der Waals surface area contributed by atoms with E-state index in [1.54, 1.807) is 0 Å². The van der Waals surface area contributed by atoms with Crippen molar-refractivity contribution in [3.05, 3.63) is 28.8 Å². The summed E-state index contributed by atoms with van der Waals surface area (Å²) in [6.45, 7) is 2.45. The maximum Gasteiger partial charge on any atom is 0.326 e. The summed E-state index contributed by atoms with van der Waals surface area (Å²) in [6.07, 6.45) is 2.19. The highest BCUT2D eigenvalue weighted by molar-refractivity contribution is 6.32. The van der Waals surface area contributed by atoms with Gasteiger partial charge in [-0.25, -0.2) is 4.79 Å². The van der Waals surface area contributed by atoms with E-state index in [1.807, 2.05) is 6.92 Å². The second-order valence-electron chi connectivity index (χ2n) is 5.32. The first-order valence-corrected chi connectivity index (χ1v) is 7.34. The number of amides is 1. The Morgan fingerprint density at radius 3 is 2.71 bits per heavy atom. The third-order valence-electron chi connectivity index (χ3n) is 4.03. The highest BCUT2D eigenvalue weighted by Gasteiger charge is 2.36. The summed E-state index contributed by atoms with van der Waals surface area (Å²) in [5, 5.41) is 18.8. The molecule has 1 saturated heterocycles. The van der Waals surface area contributed by atoms with Crippen molar-refractivity contribution in [1.29, 1.82) is 0 Å². The number of hydrogen-bond acceptors (Lipinski definition) is 3. The molecule has 2 atom stereocenters. The summed E-state index contributed by atoms with van der Waals surface area (Å²) >= 11 is 5.80. The Morgan fingerprint density at radius 1 is 1.43 bits per heavy atom. The van der Waals surface area contributed by atoms with E-state index in [4.69, 9.17) is 11.6 Å². The number of piperidine rings is 1. The van der Waals surface area contributed by atoms with Crippen LogP contribution < -0.4 is 0 Å². The molecule has 114 valence electrons. The van der Waals surface area contributed by atoms with Gasteiger partial charge in [-0.15, -0.1) is 0 Å². The zero-order valence-corrected chi connectivity index (χ0v) is 12.5. The van der Waals surface area contributed by atoms with Gasteiger partial charge in [0, 0.05) is 12.1 Å². The highest BCUT2D eigenvalue weighted by Crippen LogP contribution is 2.29. The molecule has 21 heavy (non-hydrogen) atoms. The molecule has 1 amide bonds. The molecule has 2 unspecified atom stereocenters. The van der Waals surface area contributed by atoms with Crippen LogP contribution in [-0.4, -0.2) is 39.6 Å². The lowest BCUT2D eigenvalue weighted by atomic mass is 9.88. The van der Waals surface area contributed by atoms with Crippen LogP contribution in [0.5, 0.6) is 5.75 Å². The molecule has 0 aromatic heterocycles. The van der Waals surface area contributed by atoms with E-state index in [9.17, 15) is 19.8 Å². The summed E-state index contributed by atoms with van der Waals surface area (Å²) in [7, 11) is 0. The zero-order chi connectivity index (χ0) is 15.6. The van der Waals surface area contributed by atoms with Crippen LogP contribution in [0.1, 0.15) is 36.5 Å². The zero-order valence-electron chi connectivity index (χ0n) is 11.8. The molecule has 0 saturated carbocycles. The van der Waals surface area contributed by atoms with Gasteiger partial charge in [0.1, 0.15) is 11.8 Å². The van der Waals surface area contributed by atoms with Gasteiger partial charge in [0.2, 0.25) is 0 Å². The van der Waals surface area contributed by atoms with Crippen LogP contribution in [0.15, 0.2) is 18.2 Å². The Balaban J connectivity index is 2.24. The summed E-state index contributed by atoms with van der Waals surface area (Å²) < 4.78 is 0. The number of likely N-dealkylation sites (tertiary alicyclic amines) is 1. The van der Waals surface area contributed by atoms with E-state index in [0.29, 0.717) is 24.4 Å². The SMILES string of the molecule is CCC1CCN(C(=O)c2ccc(O)c(Cl)c2)C(C(=O)O)C1. The lowest BCUT2D eigenvalue weighted by Gasteiger charge is -2.37. The largest absolute Gasteiger partial charge is 0.506 e. The molecule has 1 aromatic rings. The third-order valence-corrected chi connectivity index (χ3v) is 4.33. The Labute approximate surface area is 128 Å². The third kappa shape index (κ3) is 3.29. The molecule has 1 fully saturated rings. The number of phenolic OH excluding ortho intramolecular Hbond substituents is 1. The van der Waals surface area contributed by atoms with Crippen molar-refractivity contribution in [1.82, 2.24) is 4.90 Å². The van der Waals surface area contributed by atoms with Gasteiger partial charge in [-0.1, -0.05) is 24.9 Å². The fraction of sp³-hybridized carbons (Fsp3) is 0.467. The Bertz CT molecular complexity index is 561. The normalized spacial score (nSPS) is 22.1. The molecule has 0 bridgehead atoms. The Kier molecular flexibility index (Phi) is 4.73. The molecule has 0 radical (unpaired) electrons. The molecular formula is C15H18ClNO4. The van der Waals surface area contributed by atoms with E-state index in [-0.39, 0.29) is 16.7 Å². The second kappa shape index (κ2) is 6.35. The minimum atomic E-state index is -0.980. The molecule has 0 aliphatic carbocycles. The smallest absolute Gasteiger partial charge is 0.326 e. The Hall–Kier alpha value is -1.75. The lowest BCUT2D eigenvalue weighted by molar-refractivity contribution is -0.144. The topological polar surface area (TPSA) is 77.8 Å². The number of carbonyl (C=O) groups is 2.